The van der Waals surface area contributed by atoms with E-state index < -0.39 is 19.9 Å². The van der Waals surface area contributed by atoms with Gasteiger partial charge in [0.2, 0.25) is 10.0 Å². The van der Waals surface area contributed by atoms with Crippen molar-refractivity contribution in [3.05, 3.63) is 24.3 Å². The van der Waals surface area contributed by atoms with Crippen molar-refractivity contribution in [2.75, 3.05) is 25.9 Å². The summed E-state index contributed by atoms with van der Waals surface area (Å²) in [5, 5.41) is 0. The zero-order chi connectivity index (χ0) is 16.5. The van der Waals surface area contributed by atoms with Gasteiger partial charge in [0.05, 0.1) is 9.79 Å². The van der Waals surface area contributed by atoms with Crippen molar-refractivity contribution in [2.45, 2.75) is 23.1 Å². The maximum absolute atomic E-state index is 12.7. The van der Waals surface area contributed by atoms with E-state index in [1.165, 1.54) is 28.6 Å². The highest BCUT2D eigenvalue weighted by Crippen LogP contribution is 2.27. The van der Waals surface area contributed by atoms with Gasteiger partial charge in [-0.2, -0.15) is 4.31 Å². The van der Waals surface area contributed by atoms with Crippen LogP contribution in [0.5, 0.6) is 0 Å². The Bertz CT molecular complexity index is 727. The van der Waals surface area contributed by atoms with E-state index in [1.807, 2.05) is 0 Å². The molecule has 1 aromatic rings. The van der Waals surface area contributed by atoms with Crippen LogP contribution in [0.3, 0.4) is 0 Å². The Balaban J connectivity index is 2.27. The molecule has 2 rings (SSSR count). The molecule has 0 saturated carbocycles. The SMILES string of the molecule is CC1CCN(S(=O)(=O)c2ccc(S(C)(=O)=O)cc2)CC1CN. The topological polar surface area (TPSA) is 97.5 Å². The molecular formula is C14H22N2O4S2. The van der Waals surface area contributed by atoms with Gasteiger partial charge >= 0.3 is 0 Å². The van der Waals surface area contributed by atoms with Crippen LogP contribution in [0.2, 0.25) is 0 Å². The van der Waals surface area contributed by atoms with Crippen LogP contribution in [0.1, 0.15) is 13.3 Å². The van der Waals surface area contributed by atoms with Crippen LogP contribution in [0.25, 0.3) is 0 Å². The normalized spacial score (nSPS) is 24.3. The minimum atomic E-state index is -3.61. The first-order valence-electron chi connectivity index (χ1n) is 7.16. The van der Waals surface area contributed by atoms with Crippen LogP contribution in [0, 0.1) is 11.8 Å². The quantitative estimate of drug-likeness (QED) is 0.865. The van der Waals surface area contributed by atoms with E-state index in [1.54, 1.807) is 0 Å². The van der Waals surface area contributed by atoms with Gasteiger partial charge < -0.3 is 5.73 Å². The second-order valence-electron chi connectivity index (χ2n) is 5.87. The molecule has 1 fully saturated rings. The lowest BCUT2D eigenvalue weighted by molar-refractivity contribution is 0.203. The van der Waals surface area contributed by atoms with E-state index in [9.17, 15) is 16.8 Å². The molecule has 0 aromatic heterocycles. The lowest BCUT2D eigenvalue weighted by Gasteiger charge is -2.35. The van der Waals surface area contributed by atoms with Crippen molar-refractivity contribution in [1.82, 2.24) is 4.31 Å². The average Bonchev–Trinajstić information content (AvgIpc) is 2.46. The van der Waals surface area contributed by atoms with Gasteiger partial charge in [0.25, 0.3) is 0 Å². The fourth-order valence-electron chi connectivity index (χ4n) is 2.65. The highest BCUT2D eigenvalue weighted by atomic mass is 32.2. The molecule has 0 aliphatic carbocycles. The summed E-state index contributed by atoms with van der Waals surface area (Å²) in [6.07, 6.45) is 1.87. The molecule has 1 aliphatic heterocycles. The number of sulfone groups is 1. The number of nitrogens with two attached hydrogens (primary N) is 1. The van der Waals surface area contributed by atoms with Gasteiger partial charge in [-0.3, -0.25) is 0 Å². The predicted molar refractivity (Wildman–Crippen MR) is 84.6 cm³/mol. The third-order valence-corrected chi connectivity index (χ3v) is 7.28. The van der Waals surface area contributed by atoms with Gasteiger partial charge in [0.1, 0.15) is 0 Å². The van der Waals surface area contributed by atoms with Crippen LogP contribution in [-0.2, 0) is 19.9 Å². The summed E-state index contributed by atoms with van der Waals surface area (Å²) in [6, 6.07) is 5.35. The molecule has 8 heteroatoms. The third kappa shape index (κ3) is 3.51. The Labute approximate surface area is 132 Å². The Morgan fingerprint density at radius 1 is 1.14 bits per heavy atom. The summed E-state index contributed by atoms with van der Waals surface area (Å²) >= 11 is 0. The third-order valence-electron chi connectivity index (χ3n) is 4.27. The highest BCUT2D eigenvalue weighted by molar-refractivity contribution is 7.90. The molecule has 0 amide bonds. The predicted octanol–water partition coefficient (Wildman–Crippen LogP) is 0.696. The van der Waals surface area contributed by atoms with E-state index in [0.29, 0.717) is 25.6 Å². The molecule has 1 aliphatic rings. The zero-order valence-corrected chi connectivity index (χ0v) is 14.4. The summed E-state index contributed by atoms with van der Waals surface area (Å²) in [7, 11) is -6.94. The zero-order valence-electron chi connectivity index (χ0n) is 12.8. The number of rotatable bonds is 4. The lowest BCUT2D eigenvalue weighted by atomic mass is 9.88. The fraction of sp³-hybridized carbons (Fsp3) is 0.571. The summed E-state index contributed by atoms with van der Waals surface area (Å²) in [5.74, 6) is 0.558. The van der Waals surface area contributed by atoms with Crippen molar-refractivity contribution >= 4 is 19.9 Å². The van der Waals surface area contributed by atoms with Crippen molar-refractivity contribution < 1.29 is 16.8 Å². The van der Waals surface area contributed by atoms with Crippen molar-refractivity contribution in [3.63, 3.8) is 0 Å². The van der Waals surface area contributed by atoms with Crippen LogP contribution in [0.4, 0.5) is 0 Å². The lowest BCUT2D eigenvalue weighted by Crippen LogP contribution is -2.45. The molecule has 0 spiro atoms. The van der Waals surface area contributed by atoms with Crippen molar-refractivity contribution in [2.24, 2.45) is 17.6 Å². The number of hydrogen-bond acceptors (Lipinski definition) is 5. The van der Waals surface area contributed by atoms with Gasteiger partial charge in [-0.15, -0.1) is 0 Å². The minimum Gasteiger partial charge on any atom is -0.330 e. The summed E-state index contributed by atoms with van der Waals surface area (Å²) in [6.45, 7) is 3.42. The monoisotopic (exact) mass is 346 g/mol. The smallest absolute Gasteiger partial charge is 0.243 e. The van der Waals surface area contributed by atoms with Crippen LogP contribution < -0.4 is 5.73 Å². The molecule has 1 saturated heterocycles. The molecule has 2 N–H and O–H groups in total. The molecule has 124 valence electrons. The molecule has 2 atom stereocenters. The van der Waals surface area contributed by atoms with Gasteiger partial charge in [-0.05, 0) is 49.1 Å². The van der Waals surface area contributed by atoms with Crippen LogP contribution in [-0.4, -0.2) is 47.0 Å². The van der Waals surface area contributed by atoms with Gasteiger partial charge in [-0.1, -0.05) is 6.92 Å². The largest absolute Gasteiger partial charge is 0.330 e. The summed E-state index contributed by atoms with van der Waals surface area (Å²) in [5.41, 5.74) is 5.72. The van der Waals surface area contributed by atoms with Gasteiger partial charge in [0.15, 0.2) is 9.84 Å². The van der Waals surface area contributed by atoms with E-state index in [0.717, 1.165) is 12.7 Å². The maximum Gasteiger partial charge on any atom is 0.243 e. The van der Waals surface area contributed by atoms with Crippen molar-refractivity contribution in [3.8, 4) is 0 Å². The summed E-state index contributed by atoms with van der Waals surface area (Å²) in [4.78, 5) is 0.226. The van der Waals surface area contributed by atoms with E-state index in [2.05, 4.69) is 6.92 Å². The van der Waals surface area contributed by atoms with Crippen molar-refractivity contribution in [1.29, 1.82) is 0 Å². The fourth-order valence-corrected chi connectivity index (χ4v) is 4.79. The Kier molecular flexibility index (Phi) is 4.96. The Hall–Kier alpha value is -0.960. The van der Waals surface area contributed by atoms with Gasteiger partial charge in [0, 0.05) is 19.3 Å². The molecule has 0 bridgehead atoms. The van der Waals surface area contributed by atoms with Crippen LogP contribution >= 0.6 is 0 Å². The second-order valence-corrected chi connectivity index (χ2v) is 9.82. The first-order valence-corrected chi connectivity index (χ1v) is 10.5. The Morgan fingerprint density at radius 2 is 1.68 bits per heavy atom. The Morgan fingerprint density at radius 3 is 2.18 bits per heavy atom. The average molecular weight is 346 g/mol. The van der Waals surface area contributed by atoms with E-state index >= 15 is 0 Å². The maximum atomic E-state index is 12.7. The molecular weight excluding hydrogens is 324 g/mol. The number of hydrogen-bond donors (Lipinski definition) is 1. The molecule has 0 radical (unpaired) electrons. The van der Waals surface area contributed by atoms with Crippen LogP contribution in [0.15, 0.2) is 34.1 Å². The van der Waals surface area contributed by atoms with E-state index in [4.69, 9.17) is 5.73 Å². The number of sulfonamides is 1. The number of benzene rings is 1. The standard InChI is InChI=1S/C14H22N2O4S2/c1-11-7-8-16(10-12(11)9-15)22(19,20)14-5-3-13(4-6-14)21(2,17)18/h3-6,11-12H,7-10,15H2,1-2H3. The molecule has 1 aromatic carbocycles. The summed E-state index contributed by atoms with van der Waals surface area (Å²) < 4.78 is 49.6. The number of piperidine rings is 1. The first kappa shape index (κ1) is 17.4. The molecule has 2 unspecified atom stereocenters. The first-order chi connectivity index (χ1) is 10.2. The molecule has 6 nitrogen and oxygen atoms in total. The molecule has 1 heterocycles. The van der Waals surface area contributed by atoms with Gasteiger partial charge in [-0.25, -0.2) is 16.8 Å². The minimum absolute atomic E-state index is 0.110. The second kappa shape index (κ2) is 6.27. The number of nitrogens with zero attached hydrogens (tertiary/aromatic N) is 1. The van der Waals surface area contributed by atoms with E-state index in [-0.39, 0.29) is 15.7 Å². The highest BCUT2D eigenvalue weighted by Gasteiger charge is 2.33. The molecule has 22 heavy (non-hydrogen) atoms.